The lowest BCUT2D eigenvalue weighted by Gasteiger charge is -2.12. The van der Waals surface area contributed by atoms with Gasteiger partial charge in [-0.2, -0.15) is 0 Å². The highest BCUT2D eigenvalue weighted by Gasteiger charge is 2.26. The largest absolute Gasteiger partial charge is 0.380 e. The molecule has 0 radical (unpaired) electrons. The Morgan fingerprint density at radius 1 is 1.20 bits per heavy atom. The molecule has 0 amide bonds. The van der Waals surface area contributed by atoms with E-state index in [-0.39, 0.29) is 0 Å². The normalized spacial score (nSPS) is 18.4. The van der Waals surface area contributed by atoms with Crippen molar-refractivity contribution >= 4 is 0 Å². The quantitative estimate of drug-likeness (QED) is 0.595. The molecule has 0 saturated heterocycles. The average molecular weight is 213 g/mol. The highest BCUT2D eigenvalue weighted by atomic mass is 16.5. The molecular weight excluding hydrogens is 186 g/mol. The van der Waals surface area contributed by atoms with Crippen LogP contribution in [0.15, 0.2) is 0 Å². The van der Waals surface area contributed by atoms with Crippen molar-refractivity contribution in [3.63, 3.8) is 0 Å². The molecule has 1 N–H and O–H groups in total. The zero-order chi connectivity index (χ0) is 11.1. The molecule has 0 aliphatic heterocycles. The zero-order valence-corrected chi connectivity index (χ0v) is 10.6. The minimum atomic E-state index is 0.698. The Morgan fingerprint density at radius 2 is 1.93 bits per heavy atom. The van der Waals surface area contributed by atoms with Gasteiger partial charge in [-0.3, -0.25) is 0 Å². The topological polar surface area (TPSA) is 21.3 Å². The van der Waals surface area contributed by atoms with Crippen LogP contribution in [0.2, 0.25) is 0 Å². The van der Waals surface area contributed by atoms with Gasteiger partial charge in [0.1, 0.15) is 0 Å². The summed E-state index contributed by atoms with van der Waals surface area (Å²) in [5, 5.41) is 3.52. The fraction of sp³-hybridized carbons (Fsp3) is 1.00. The lowest BCUT2D eigenvalue weighted by molar-refractivity contribution is 0.127. The molecule has 2 nitrogen and oxygen atoms in total. The Bertz CT molecular complexity index is 155. The lowest BCUT2D eigenvalue weighted by atomic mass is 10.1. The van der Waals surface area contributed by atoms with Gasteiger partial charge in [0.15, 0.2) is 0 Å². The minimum absolute atomic E-state index is 0.698. The fourth-order valence-corrected chi connectivity index (χ4v) is 1.82. The lowest BCUT2D eigenvalue weighted by Crippen LogP contribution is -2.31. The van der Waals surface area contributed by atoms with Gasteiger partial charge < -0.3 is 10.1 Å². The summed E-state index contributed by atoms with van der Waals surface area (Å²) in [5.41, 5.74) is 0. The molecule has 90 valence electrons. The third-order valence-electron chi connectivity index (χ3n) is 3.11. The molecule has 0 bridgehead atoms. The minimum Gasteiger partial charge on any atom is -0.380 e. The molecule has 1 saturated carbocycles. The van der Waals surface area contributed by atoms with Gasteiger partial charge in [-0.05, 0) is 44.4 Å². The second-order valence-corrected chi connectivity index (χ2v) is 5.23. The maximum absolute atomic E-state index is 5.57. The Balaban J connectivity index is 1.76. The van der Waals surface area contributed by atoms with E-state index in [1.54, 1.807) is 0 Å². The Labute approximate surface area is 94.8 Å². The first-order chi connectivity index (χ1) is 7.20. The molecular formula is C13H27NO. The first-order valence-electron chi connectivity index (χ1n) is 6.51. The maximum atomic E-state index is 5.57. The van der Waals surface area contributed by atoms with Crippen molar-refractivity contribution in [2.45, 2.75) is 52.5 Å². The van der Waals surface area contributed by atoms with E-state index in [0.717, 1.165) is 31.6 Å². The van der Waals surface area contributed by atoms with Crippen LogP contribution in [-0.2, 0) is 4.74 Å². The van der Waals surface area contributed by atoms with Crippen LogP contribution in [0.25, 0.3) is 0 Å². The van der Waals surface area contributed by atoms with E-state index in [9.17, 15) is 0 Å². The third kappa shape index (κ3) is 6.91. The summed E-state index contributed by atoms with van der Waals surface area (Å²) in [4.78, 5) is 0. The summed E-state index contributed by atoms with van der Waals surface area (Å²) in [6.45, 7) is 9.63. The summed E-state index contributed by atoms with van der Waals surface area (Å²) in [7, 11) is 0. The van der Waals surface area contributed by atoms with Crippen LogP contribution in [0.4, 0.5) is 0 Å². The van der Waals surface area contributed by atoms with Crippen molar-refractivity contribution in [2.24, 2.45) is 11.8 Å². The summed E-state index contributed by atoms with van der Waals surface area (Å²) in [5.74, 6) is 1.76. The van der Waals surface area contributed by atoms with Crippen molar-refractivity contribution in [3.05, 3.63) is 0 Å². The predicted molar refractivity (Wildman–Crippen MR) is 65.1 cm³/mol. The zero-order valence-electron chi connectivity index (χ0n) is 10.6. The summed E-state index contributed by atoms with van der Waals surface area (Å²) >= 11 is 0. The van der Waals surface area contributed by atoms with Crippen molar-refractivity contribution in [1.82, 2.24) is 5.32 Å². The van der Waals surface area contributed by atoms with Gasteiger partial charge in [0.25, 0.3) is 0 Å². The number of hydrogen-bond donors (Lipinski definition) is 1. The van der Waals surface area contributed by atoms with Gasteiger partial charge in [-0.1, -0.05) is 13.8 Å². The summed E-state index contributed by atoms with van der Waals surface area (Å²) < 4.78 is 5.57. The van der Waals surface area contributed by atoms with E-state index in [1.165, 1.54) is 25.7 Å². The van der Waals surface area contributed by atoms with E-state index >= 15 is 0 Å². The van der Waals surface area contributed by atoms with Crippen molar-refractivity contribution < 1.29 is 4.74 Å². The Morgan fingerprint density at radius 3 is 2.53 bits per heavy atom. The predicted octanol–water partition coefficient (Wildman–Crippen LogP) is 2.83. The first-order valence-corrected chi connectivity index (χ1v) is 6.51. The van der Waals surface area contributed by atoms with Crippen molar-refractivity contribution in [1.29, 1.82) is 0 Å². The van der Waals surface area contributed by atoms with Gasteiger partial charge in [-0.25, -0.2) is 0 Å². The van der Waals surface area contributed by atoms with Crippen LogP contribution >= 0.6 is 0 Å². The molecule has 0 heterocycles. The highest BCUT2D eigenvalue weighted by Crippen LogP contribution is 2.32. The smallest absolute Gasteiger partial charge is 0.0590 e. The van der Waals surface area contributed by atoms with Crippen LogP contribution in [0.5, 0.6) is 0 Å². The third-order valence-corrected chi connectivity index (χ3v) is 3.11. The van der Waals surface area contributed by atoms with Crippen LogP contribution in [0, 0.1) is 11.8 Å². The van der Waals surface area contributed by atoms with Crippen LogP contribution in [-0.4, -0.2) is 25.8 Å². The van der Waals surface area contributed by atoms with Gasteiger partial charge in [-0.15, -0.1) is 0 Å². The SMILES string of the molecule is CC(C)CCCOCCNC(C)C1CC1. The second-order valence-electron chi connectivity index (χ2n) is 5.23. The molecule has 1 rings (SSSR count). The van der Waals surface area contributed by atoms with E-state index in [0.29, 0.717) is 6.04 Å². The van der Waals surface area contributed by atoms with Gasteiger partial charge in [0.2, 0.25) is 0 Å². The molecule has 2 heteroatoms. The first kappa shape index (κ1) is 13.0. The van der Waals surface area contributed by atoms with Crippen LogP contribution in [0.1, 0.15) is 46.5 Å². The number of nitrogens with one attached hydrogen (secondary N) is 1. The number of ether oxygens (including phenoxy) is 1. The molecule has 15 heavy (non-hydrogen) atoms. The van der Waals surface area contributed by atoms with E-state index in [4.69, 9.17) is 4.74 Å². The van der Waals surface area contributed by atoms with E-state index in [1.807, 2.05) is 0 Å². The van der Waals surface area contributed by atoms with Gasteiger partial charge in [0.05, 0.1) is 6.61 Å². The fourth-order valence-electron chi connectivity index (χ4n) is 1.82. The molecule has 1 fully saturated rings. The average Bonchev–Trinajstić information content (AvgIpc) is 2.98. The maximum Gasteiger partial charge on any atom is 0.0590 e. The molecule has 1 aliphatic carbocycles. The Kier molecular flexibility index (Phi) is 6.26. The molecule has 0 aromatic carbocycles. The van der Waals surface area contributed by atoms with Crippen molar-refractivity contribution in [3.8, 4) is 0 Å². The monoisotopic (exact) mass is 213 g/mol. The molecule has 1 unspecified atom stereocenters. The van der Waals surface area contributed by atoms with Gasteiger partial charge in [0, 0.05) is 19.2 Å². The molecule has 0 spiro atoms. The van der Waals surface area contributed by atoms with E-state index < -0.39 is 0 Å². The summed E-state index contributed by atoms with van der Waals surface area (Å²) in [6, 6.07) is 0.698. The standard InChI is InChI=1S/C13H27NO/c1-11(2)5-4-9-15-10-8-14-12(3)13-6-7-13/h11-14H,4-10H2,1-3H3. The van der Waals surface area contributed by atoms with Crippen molar-refractivity contribution in [2.75, 3.05) is 19.8 Å². The highest BCUT2D eigenvalue weighted by molar-refractivity contribution is 4.82. The molecule has 0 aromatic heterocycles. The van der Waals surface area contributed by atoms with Crippen LogP contribution in [0.3, 0.4) is 0 Å². The summed E-state index contributed by atoms with van der Waals surface area (Å²) in [6.07, 6.45) is 5.33. The number of rotatable bonds is 9. The van der Waals surface area contributed by atoms with E-state index in [2.05, 4.69) is 26.1 Å². The molecule has 0 aromatic rings. The molecule has 1 aliphatic rings. The second kappa shape index (κ2) is 7.24. The molecule has 1 atom stereocenters. The van der Waals surface area contributed by atoms with Gasteiger partial charge >= 0.3 is 0 Å². The Hall–Kier alpha value is -0.0800. The van der Waals surface area contributed by atoms with Crippen LogP contribution < -0.4 is 5.32 Å². The number of hydrogen-bond acceptors (Lipinski definition) is 2.